The van der Waals surface area contributed by atoms with Crippen molar-refractivity contribution in [1.29, 1.82) is 0 Å². The highest BCUT2D eigenvalue weighted by atomic mass is 16.2. The van der Waals surface area contributed by atoms with Gasteiger partial charge in [-0.3, -0.25) is 9.59 Å². The number of hydrogen-bond donors (Lipinski definition) is 2. The van der Waals surface area contributed by atoms with Crippen LogP contribution < -0.4 is 10.6 Å². The number of fused-ring (bicyclic) bond motifs is 2. The molecule has 5 rings (SSSR count). The average Bonchev–Trinajstić information content (AvgIpc) is 3.31. The first-order valence-electron chi connectivity index (χ1n) is 10.7. The van der Waals surface area contributed by atoms with Crippen LogP contribution in [-0.4, -0.2) is 21.4 Å². The number of aromatic nitrogens is 2. The molecule has 0 radical (unpaired) electrons. The summed E-state index contributed by atoms with van der Waals surface area (Å²) in [5.74, 6) is 0.550. The Morgan fingerprint density at radius 3 is 2.56 bits per heavy atom. The van der Waals surface area contributed by atoms with Gasteiger partial charge in [0, 0.05) is 12.6 Å². The van der Waals surface area contributed by atoms with Gasteiger partial charge >= 0.3 is 0 Å². The largest absolute Gasteiger partial charge is 0.346 e. The van der Waals surface area contributed by atoms with Crippen LogP contribution in [0.4, 0.5) is 0 Å². The van der Waals surface area contributed by atoms with Crippen molar-refractivity contribution >= 4 is 22.8 Å². The molecule has 0 saturated heterocycles. The van der Waals surface area contributed by atoms with E-state index >= 15 is 0 Å². The van der Waals surface area contributed by atoms with Crippen LogP contribution in [0.25, 0.3) is 11.0 Å². The standard InChI is InChI=1S/C26H24N4O2/c1-30-23-14-8-7-13-20(23)28-25(30)22(15-17-9-3-2-4-10-17)27-24(31)16-21-18-11-5-6-12-19(18)26(32)29-21/h2-14,21-22H,15-16H2,1H3,(H,27,31)(H,29,32)/t21-,22-/m0/s1. The van der Waals surface area contributed by atoms with E-state index in [1.165, 1.54) is 0 Å². The van der Waals surface area contributed by atoms with Crippen LogP contribution in [0.5, 0.6) is 0 Å². The molecule has 2 heterocycles. The molecule has 2 amide bonds. The van der Waals surface area contributed by atoms with Gasteiger partial charge in [-0.1, -0.05) is 60.7 Å². The van der Waals surface area contributed by atoms with Crippen LogP contribution >= 0.6 is 0 Å². The minimum atomic E-state index is -0.323. The van der Waals surface area contributed by atoms with Crippen molar-refractivity contribution < 1.29 is 9.59 Å². The van der Waals surface area contributed by atoms with Crippen molar-refractivity contribution in [3.05, 3.63) is 101 Å². The molecule has 4 aromatic rings. The highest BCUT2D eigenvalue weighted by Crippen LogP contribution is 2.28. The minimum absolute atomic E-state index is 0.125. The Hall–Kier alpha value is -3.93. The Morgan fingerprint density at radius 2 is 1.75 bits per heavy atom. The monoisotopic (exact) mass is 424 g/mol. The van der Waals surface area contributed by atoms with Crippen molar-refractivity contribution in [2.45, 2.75) is 24.9 Å². The maximum Gasteiger partial charge on any atom is 0.252 e. The number of amides is 2. The maximum atomic E-state index is 13.1. The summed E-state index contributed by atoms with van der Waals surface area (Å²) >= 11 is 0. The topological polar surface area (TPSA) is 76.0 Å². The smallest absolute Gasteiger partial charge is 0.252 e. The molecule has 6 heteroatoms. The zero-order valence-corrected chi connectivity index (χ0v) is 17.8. The fraction of sp³-hybridized carbons (Fsp3) is 0.192. The van der Waals surface area contributed by atoms with Gasteiger partial charge in [-0.15, -0.1) is 0 Å². The van der Waals surface area contributed by atoms with Gasteiger partial charge in [-0.2, -0.15) is 0 Å². The molecule has 32 heavy (non-hydrogen) atoms. The Morgan fingerprint density at radius 1 is 1.03 bits per heavy atom. The van der Waals surface area contributed by atoms with Crippen molar-refractivity contribution in [3.8, 4) is 0 Å². The summed E-state index contributed by atoms with van der Waals surface area (Å²) in [6.45, 7) is 0. The number of benzene rings is 3. The van der Waals surface area contributed by atoms with Crippen LogP contribution in [0.3, 0.4) is 0 Å². The van der Waals surface area contributed by atoms with Gasteiger partial charge in [-0.05, 0) is 35.7 Å². The van der Waals surface area contributed by atoms with Gasteiger partial charge in [0.05, 0.1) is 29.5 Å². The Kier molecular flexibility index (Phi) is 5.19. The fourth-order valence-corrected chi connectivity index (χ4v) is 4.45. The van der Waals surface area contributed by atoms with Crippen LogP contribution in [-0.2, 0) is 18.3 Å². The Balaban J connectivity index is 1.41. The number of rotatable bonds is 6. The number of nitrogens with zero attached hydrogens (tertiary/aromatic N) is 2. The highest BCUT2D eigenvalue weighted by Gasteiger charge is 2.30. The zero-order chi connectivity index (χ0) is 22.1. The van der Waals surface area contributed by atoms with E-state index in [1.54, 1.807) is 6.07 Å². The first-order chi connectivity index (χ1) is 15.6. The molecule has 1 aromatic heterocycles. The molecular formula is C26H24N4O2. The molecule has 0 spiro atoms. The van der Waals surface area contributed by atoms with E-state index in [-0.39, 0.29) is 30.3 Å². The normalized spacial score (nSPS) is 15.9. The molecule has 0 saturated carbocycles. The van der Waals surface area contributed by atoms with E-state index in [0.29, 0.717) is 12.0 Å². The molecule has 6 nitrogen and oxygen atoms in total. The number of para-hydroxylation sites is 2. The van der Waals surface area contributed by atoms with Gasteiger partial charge in [0.25, 0.3) is 5.91 Å². The molecule has 2 atom stereocenters. The van der Waals surface area contributed by atoms with Crippen molar-refractivity contribution in [3.63, 3.8) is 0 Å². The SMILES string of the molecule is Cn1c([C@H](Cc2ccccc2)NC(=O)C[C@@H]2NC(=O)c3ccccc32)nc2ccccc21. The number of nitrogens with one attached hydrogen (secondary N) is 2. The summed E-state index contributed by atoms with van der Waals surface area (Å²) in [5, 5.41) is 6.11. The van der Waals surface area contributed by atoms with E-state index in [1.807, 2.05) is 72.3 Å². The van der Waals surface area contributed by atoms with E-state index in [4.69, 9.17) is 4.98 Å². The minimum Gasteiger partial charge on any atom is -0.346 e. The predicted octanol–water partition coefficient (Wildman–Crippen LogP) is 3.85. The van der Waals surface area contributed by atoms with Crippen LogP contribution in [0.15, 0.2) is 78.9 Å². The van der Waals surface area contributed by atoms with Crippen LogP contribution in [0.1, 0.15) is 45.8 Å². The van der Waals surface area contributed by atoms with E-state index in [9.17, 15) is 9.59 Å². The third-order valence-electron chi connectivity index (χ3n) is 6.03. The van der Waals surface area contributed by atoms with E-state index in [2.05, 4.69) is 22.8 Å². The van der Waals surface area contributed by atoms with Crippen LogP contribution in [0, 0.1) is 0 Å². The first-order valence-corrected chi connectivity index (χ1v) is 10.7. The molecule has 1 aliphatic rings. The number of hydrogen-bond acceptors (Lipinski definition) is 3. The molecule has 2 N–H and O–H groups in total. The van der Waals surface area contributed by atoms with Crippen molar-refractivity contribution in [2.24, 2.45) is 7.05 Å². The lowest BCUT2D eigenvalue weighted by Gasteiger charge is -2.20. The number of carbonyl (C=O) groups is 2. The maximum absolute atomic E-state index is 13.1. The van der Waals surface area contributed by atoms with Gasteiger partial charge < -0.3 is 15.2 Å². The molecule has 0 aliphatic carbocycles. The summed E-state index contributed by atoms with van der Waals surface area (Å²) in [6.07, 6.45) is 0.801. The zero-order valence-electron chi connectivity index (χ0n) is 17.8. The Bertz CT molecular complexity index is 1300. The number of carbonyl (C=O) groups excluding carboxylic acids is 2. The molecule has 0 fully saturated rings. The summed E-state index contributed by atoms with van der Waals surface area (Å²) in [6, 6.07) is 24.8. The molecular weight excluding hydrogens is 400 g/mol. The van der Waals surface area contributed by atoms with Crippen molar-refractivity contribution in [2.75, 3.05) is 0 Å². The fourth-order valence-electron chi connectivity index (χ4n) is 4.45. The summed E-state index contributed by atoms with van der Waals surface area (Å²) in [5.41, 5.74) is 4.54. The summed E-state index contributed by atoms with van der Waals surface area (Å²) in [7, 11) is 1.97. The molecule has 3 aromatic carbocycles. The highest BCUT2D eigenvalue weighted by molar-refractivity contribution is 5.99. The molecule has 1 aliphatic heterocycles. The quantitative estimate of drug-likeness (QED) is 0.494. The molecule has 0 unspecified atom stereocenters. The molecule has 160 valence electrons. The third kappa shape index (κ3) is 3.75. The van der Waals surface area contributed by atoms with Crippen LogP contribution in [0.2, 0.25) is 0 Å². The number of aryl methyl sites for hydroxylation is 1. The second-order valence-electron chi connectivity index (χ2n) is 8.14. The lowest BCUT2D eigenvalue weighted by atomic mass is 10.0. The van der Waals surface area contributed by atoms with Gasteiger partial charge in [0.2, 0.25) is 5.91 Å². The Labute approximate surface area is 186 Å². The summed E-state index contributed by atoms with van der Waals surface area (Å²) in [4.78, 5) is 30.2. The second kappa shape index (κ2) is 8.30. The molecule has 0 bridgehead atoms. The number of imidazole rings is 1. The first kappa shape index (κ1) is 20.0. The average molecular weight is 425 g/mol. The van der Waals surface area contributed by atoms with E-state index < -0.39 is 0 Å². The van der Waals surface area contributed by atoms with Gasteiger partial charge in [-0.25, -0.2) is 4.98 Å². The summed E-state index contributed by atoms with van der Waals surface area (Å²) < 4.78 is 2.04. The van der Waals surface area contributed by atoms with E-state index in [0.717, 1.165) is 28.0 Å². The van der Waals surface area contributed by atoms with Gasteiger partial charge in [0.1, 0.15) is 5.82 Å². The second-order valence-corrected chi connectivity index (χ2v) is 8.14. The van der Waals surface area contributed by atoms with Gasteiger partial charge in [0.15, 0.2) is 0 Å². The lowest BCUT2D eigenvalue weighted by Crippen LogP contribution is -2.34. The lowest BCUT2D eigenvalue weighted by molar-refractivity contribution is -0.122. The van der Waals surface area contributed by atoms with Crippen molar-refractivity contribution in [1.82, 2.24) is 20.2 Å². The predicted molar refractivity (Wildman–Crippen MR) is 123 cm³/mol. The third-order valence-corrected chi connectivity index (χ3v) is 6.03.